The molecule has 178 valence electrons. The number of pyridine rings is 1. The van der Waals surface area contributed by atoms with E-state index < -0.39 is 20.6 Å². The summed E-state index contributed by atoms with van der Waals surface area (Å²) in [6.07, 6.45) is 3.22. The van der Waals surface area contributed by atoms with Crippen LogP contribution in [0.5, 0.6) is 11.6 Å². The Labute approximate surface area is 200 Å². The van der Waals surface area contributed by atoms with Gasteiger partial charge in [-0.3, -0.25) is 15.1 Å². The van der Waals surface area contributed by atoms with Crippen LogP contribution in [0.2, 0.25) is 0 Å². The van der Waals surface area contributed by atoms with Crippen molar-refractivity contribution in [2.75, 3.05) is 26.3 Å². The first-order valence-corrected chi connectivity index (χ1v) is 12.1. The molecule has 11 nitrogen and oxygen atoms in total. The Morgan fingerprint density at radius 1 is 1.03 bits per heavy atom. The largest absolute Gasteiger partial charge is 0.431 e. The number of nitro benzene ring substituents is 1. The zero-order valence-electron chi connectivity index (χ0n) is 18.3. The normalized spacial score (nSPS) is 14.6. The first-order valence-electron chi connectivity index (χ1n) is 10.6. The molecule has 0 amide bonds. The van der Waals surface area contributed by atoms with Crippen LogP contribution in [-0.4, -0.2) is 58.9 Å². The molecular formula is C23H19N5O6S. The van der Waals surface area contributed by atoms with Crippen molar-refractivity contribution in [3.63, 3.8) is 0 Å². The fourth-order valence-electron chi connectivity index (χ4n) is 3.68. The van der Waals surface area contributed by atoms with Gasteiger partial charge in [0.05, 0.1) is 33.9 Å². The molecule has 2 aromatic heterocycles. The molecule has 0 unspecified atom stereocenters. The van der Waals surface area contributed by atoms with Crippen molar-refractivity contribution < 1.29 is 22.8 Å². The maximum absolute atomic E-state index is 13.0. The highest BCUT2D eigenvalue weighted by Crippen LogP contribution is 2.36. The van der Waals surface area contributed by atoms with Gasteiger partial charge in [0.25, 0.3) is 0 Å². The van der Waals surface area contributed by atoms with Crippen LogP contribution in [0.25, 0.3) is 22.3 Å². The Morgan fingerprint density at radius 2 is 1.83 bits per heavy atom. The van der Waals surface area contributed by atoms with Crippen molar-refractivity contribution in [1.82, 2.24) is 19.3 Å². The van der Waals surface area contributed by atoms with E-state index in [-0.39, 0.29) is 42.8 Å². The minimum absolute atomic E-state index is 0.0985. The van der Waals surface area contributed by atoms with Crippen molar-refractivity contribution >= 4 is 26.6 Å². The van der Waals surface area contributed by atoms with Gasteiger partial charge < -0.3 is 9.47 Å². The number of nitro groups is 1. The van der Waals surface area contributed by atoms with Crippen molar-refractivity contribution in [3.8, 4) is 23.0 Å². The fraction of sp³-hybridized carbons (Fsp3) is 0.174. The predicted octanol–water partition coefficient (Wildman–Crippen LogP) is 3.41. The summed E-state index contributed by atoms with van der Waals surface area (Å²) in [6.45, 7) is 0.891. The Morgan fingerprint density at radius 3 is 2.57 bits per heavy atom. The summed E-state index contributed by atoms with van der Waals surface area (Å²) < 4.78 is 38.3. The second-order valence-electron chi connectivity index (χ2n) is 7.62. The second-order valence-corrected chi connectivity index (χ2v) is 9.55. The van der Waals surface area contributed by atoms with Crippen LogP contribution in [0.15, 0.2) is 71.9 Å². The van der Waals surface area contributed by atoms with Gasteiger partial charge >= 0.3 is 5.69 Å². The Hall–Kier alpha value is -4.00. The monoisotopic (exact) mass is 493 g/mol. The summed E-state index contributed by atoms with van der Waals surface area (Å²) in [5.41, 5.74) is 0.722. The van der Waals surface area contributed by atoms with Crippen LogP contribution in [0.1, 0.15) is 0 Å². The summed E-state index contributed by atoms with van der Waals surface area (Å²) in [4.78, 5) is 24.1. The van der Waals surface area contributed by atoms with E-state index in [9.17, 15) is 18.5 Å². The molecule has 3 heterocycles. The van der Waals surface area contributed by atoms with Gasteiger partial charge in [0.15, 0.2) is 5.82 Å². The van der Waals surface area contributed by atoms with Crippen LogP contribution in [0.4, 0.5) is 5.69 Å². The highest BCUT2D eigenvalue weighted by atomic mass is 32.2. The minimum atomic E-state index is -3.92. The van der Waals surface area contributed by atoms with Crippen LogP contribution >= 0.6 is 0 Å². The maximum atomic E-state index is 13.0. The van der Waals surface area contributed by atoms with E-state index in [1.54, 1.807) is 48.8 Å². The molecule has 5 rings (SSSR count). The zero-order valence-corrected chi connectivity index (χ0v) is 19.1. The summed E-state index contributed by atoms with van der Waals surface area (Å²) >= 11 is 0. The Kier molecular flexibility index (Phi) is 6.07. The summed E-state index contributed by atoms with van der Waals surface area (Å²) in [6, 6.07) is 14.2. The molecule has 1 aliphatic heterocycles. The molecule has 0 spiro atoms. The Bertz CT molecular complexity index is 1510. The number of hydrogen-bond acceptors (Lipinski definition) is 9. The lowest BCUT2D eigenvalue weighted by atomic mass is 10.2. The van der Waals surface area contributed by atoms with Crippen molar-refractivity contribution in [2.24, 2.45) is 0 Å². The topological polar surface area (TPSA) is 138 Å². The molecule has 0 aliphatic carbocycles. The lowest BCUT2D eigenvalue weighted by Crippen LogP contribution is -2.40. The number of aromatic nitrogens is 3. The van der Waals surface area contributed by atoms with E-state index in [4.69, 9.17) is 9.47 Å². The number of sulfonamides is 1. The molecule has 0 saturated carbocycles. The van der Waals surface area contributed by atoms with Gasteiger partial charge in [0.2, 0.25) is 21.7 Å². The van der Waals surface area contributed by atoms with Crippen LogP contribution < -0.4 is 4.74 Å². The highest BCUT2D eigenvalue weighted by molar-refractivity contribution is 7.89. The number of morpholine rings is 1. The molecule has 12 heteroatoms. The van der Waals surface area contributed by atoms with E-state index in [0.717, 1.165) is 6.07 Å². The number of ether oxygens (including phenoxy) is 2. The third-order valence-electron chi connectivity index (χ3n) is 5.43. The van der Waals surface area contributed by atoms with Gasteiger partial charge in [0.1, 0.15) is 0 Å². The van der Waals surface area contributed by atoms with Gasteiger partial charge in [-0.2, -0.15) is 9.29 Å². The lowest BCUT2D eigenvalue weighted by Gasteiger charge is -2.26. The van der Waals surface area contributed by atoms with E-state index in [1.165, 1.54) is 16.4 Å². The van der Waals surface area contributed by atoms with E-state index in [2.05, 4.69) is 15.0 Å². The summed E-state index contributed by atoms with van der Waals surface area (Å²) in [5, 5.41) is 12.4. The number of nitrogens with zero attached hydrogens (tertiary/aromatic N) is 5. The third-order valence-corrected chi connectivity index (χ3v) is 7.32. The number of fused-ring (bicyclic) bond motifs is 1. The molecule has 0 N–H and O–H groups in total. The quantitative estimate of drug-likeness (QED) is 0.292. The van der Waals surface area contributed by atoms with Crippen LogP contribution in [-0.2, 0) is 14.8 Å². The number of benzene rings is 2. The Balaban J connectivity index is 1.57. The van der Waals surface area contributed by atoms with E-state index in [1.807, 2.05) is 0 Å². The molecule has 0 radical (unpaired) electrons. The average Bonchev–Trinajstić information content (AvgIpc) is 2.89. The first kappa shape index (κ1) is 22.8. The number of hydrogen-bond donors (Lipinski definition) is 0. The SMILES string of the molecule is O=[N+]([O-])c1cc(S(=O)(=O)N2CCOCC2)ccc1Oc1nc(-c2cccnc2)nc2ccccc12. The molecule has 0 bridgehead atoms. The van der Waals surface area contributed by atoms with E-state index in [0.29, 0.717) is 22.3 Å². The van der Waals surface area contributed by atoms with Gasteiger partial charge in [-0.15, -0.1) is 0 Å². The number of para-hydroxylation sites is 1. The van der Waals surface area contributed by atoms with Crippen LogP contribution in [0, 0.1) is 10.1 Å². The smallest absolute Gasteiger partial charge is 0.312 e. The van der Waals surface area contributed by atoms with Crippen molar-refractivity contribution in [2.45, 2.75) is 4.90 Å². The molecular weight excluding hydrogens is 474 g/mol. The van der Waals surface area contributed by atoms with Gasteiger partial charge in [-0.1, -0.05) is 12.1 Å². The molecule has 1 fully saturated rings. The third kappa shape index (κ3) is 4.54. The molecule has 4 aromatic rings. The highest BCUT2D eigenvalue weighted by Gasteiger charge is 2.29. The fourth-order valence-corrected chi connectivity index (χ4v) is 5.10. The van der Waals surface area contributed by atoms with Crippen molar-refractivity contribution in [3.05, 3.63) is 77.1 Å². The first-order chi connectivity index (χ1) is 16.9. The maximum Gasteiger partial charge on any atom is 0.312 e. The molecule has 1 aliphatic rings. The van der Waals surface area contributed by atoms with Gasteiger partial charge in [-0.05, 0) is 36.4 Å². The average molecular weight is 494 g/mol. The molecule has 0 atom stereocenters. The van der Waals surface area contributed by atoms with Crippen molar-refractivity contribution in [1.29, 1.82) is 0 Å². The molecule has 2 aromatic carbocycles. The predicted molar refractivity (Wildman–Crippen MR) is 126 cm³/mol. The minimum Gasteiger partial charge on any atom is -0.431 e. The molecule has 1 saturated heterocycles. The van der Waals surface area contributed by atoms with Crippen LogP contribution in [0.3, 0.4) is 0 Å². The zero-order chi connectivity index (χ0) is 24.4. The standard InChI is InChI=1S/C23H19N5O6S/c29-28(30)20-14-17(35(31,32)27-10-12-33-13-11-27)7-8-21(20)34-23-18-5-1-2-6-19(18)25-22(26-23)16-4-3-9-24-15-16/h1-9,14-15H,10-13H2. The second kappa shape index (κ2) is 9.33. The number of rotatable bonds is 6. The summed E-state index contributed by atoms with van der Waals surface area (Å²) in [7, 11) is -3.92. The summed E-state index contributed by atoms with van der Waals surface area (Å²) in [5.74, 6) is 0.291. The van der Waals surface area contributed by atoms with Gasteiger partial charge in [0, 0.05) is 37.1 Å². The molecule has 35 heavy (non-hydrogen) atoms. The lowest BCUT2D eigenvalue weighted by molar-refractivity contribution is -0.385. The van der Waals surface area contributed by atoms with E-state index >= 15 is 0 Å². The van der Waals surface area contributed by atoms with Gasteiger partial charge in [-0.25, -0.2) is 13.4 Å².